The van der Waals surface area contributed by atoms with E-state index in [1.54, 1.807) is 24.3 Å². The second-order valence-electron chi connectivity index (χ2n) is 5.72. The van der Waals surface area contributed by atoms with Gasteiger partial charge in [-0.15, -0.1) is 0 Å². The molecule has 134 valence electrons. The molecule has 1 aromatic heterocycles. The summed E-state index contributed by atoms with van der Waals surface area (Å²) in [5.41, 5.74) is 1.90. The van der Waals surface area contributed by atoms with Gasteiger partial charge in [-0.05, 0) is 42.3 Å². The highest BCUT2D eigenvalue weighted by Gasteiger charge is 2.11. The molecule has 1 heterocycles. The van der Waals surface area contributed by atoms with Crippen LogP contribution >= 0.6 is 0 Å². The first-order valence-electron chi connectivity index (χ1n) is 8.03. The predicted molar refractivity (Wildman–Crippen MR) is 101 cm³/mol. The molecule has 26 heavy (non-hydrogen) atoms. The van der Waals surface area contributed by atoms with Gasteiger partial charge in [-0.2, -0.15) is 0 Å². The Morgan fingerprint density at radius 3 is 2.42 bits per heavy atom. The van der Waals surface area contributed by atoms with Gasteiger partial charge in [0.05, 0.1) is 17.6 Å². The molecule has 3 rings (SSSR count). The van der Waals surface area contributed by atoms with E-state index in [1.807, 2.05) is 30.3 Å². The molecule has 5 nitrogen and oxygen atoms in total. The van der Waals surface area contributed by atoms with Gasteiger partial charge in [0.15, 0.2) is 0 Å². The molecule has 0 bridgehead atoms. The monoisotopic (exact) mass is 371 g/mol. The number of rotatable bonds is 7. The van der Waals surface area contributed by atoms with Gasteiger partial charge in [0.2, 0.25) is 10.0 Å². The zero-order valence-electron chi connectivity index (χ0n) is 13.9. The van der Waals surface area contributed by atoms with Crippen LogP contribution < -0.4 is 10.0 Å². The Morgan fingerprint density at radius 1 is 0.923 bits per heavy atom. The second-order valence-corrected chi connectivity index (χ2v) is 7.57. The first-order chi connectivity index (χ1) is 12.5. The van der Waals surface area contributed by atoms with Crippen LogP contribution in [0.4, 0.5) is 21.6 Å². The van der Waals surface area contributed by atoms with Crippen molar-refractivity contribution in [3.8, 4) is 0 Å². The van der Waals surface area contributed by atoms with E-state index in [1.165, 1.54) is 18.3 Å². The zero-order valence-corrected chi connectivity index (χ0v) is 14.7. The lowest BCUT2D eigenvalue weighted by atomic mass is 10.2. The van der Waals surface area contributed by atoms with Crippen molar-refractivity contribution in [2.24, 2.45) is 0 Å². The van der Waals surface area contributed by atoms with Crippen LogP contribution in [0.25, 0.3) is 0 Å². The van der Waals surface area contributed by atoms with Gasteiger partial charge in [-0.3, -0.25) is 4.72 Å². The summed E-state index contributed by atoms with van der Waals surface area (Å²) >= 11 is 0. The van der Waals surface area contributed by atoms with Crippen molar-refractivity contribution in [1.29, 1.82) is 0 Å². The van der Waals surface area contributed by atoms with E-state index in [9.17, 15) is 12.8 Å². The molecule has 2 N–H and O–H groups in total. The second kappa shape index (κ2) is 7.97. The molecule has 0 aliphatic carbocycles. The fourth-order valence-corrected chi connectivity index (χ4v) is 3.46. The quantitative estimate of drug-likeness (QED) is 0.660. The molecule has 0 saturated carbocycles. The summed E-state index contributed by atoms with van der Waals surface area (Å²) in [6.45, 7) is 0. The smallest absolute Gasteiger partial charge is 0.233 e. The van der Waals surface area contributed by atoms with Crippen LogP contribution in [0, 0.1) is 5.82 Å². The summed E-state index contributed by atoms with van der Waals surface area (Å²) in [4.78, 5) is 4.15. The highest BCUT2D eigenvalue weighted by Crippen LogP contribution is 2.17. The summed E-state index contributed by atoms with van der Waals surface area (Å²) in [5, 5.41) is 2.95. The number of nitrogens with one attached hydrogen (secondary N) is 2. The molecule has 0 aliphatic heterocycles. The molecule has 3 aromatic rings. The first kappa shape index (κ1) is 17.9. The Labute approximate surface area is 152 Å². The van der Waals surface area contributed by atoms with E-state index in [-0.39, 0.29) is 11.6 Å². The van der Waals surface area contributed by atoms with Crippen molar-refractivity contribution in [2.75, 3.05) is 15.8 Å². The van der Waals surface area contributed by atoms with E-state index in [4.69, 9.17) is 0 Å². The lowest BCUT2D eigenvalue weighted by Crippen LogP contribution is -2.18. The molecule has 0 fully saturated rings. The molecule has 2 aromatic carbocycles. The minimum Gasteiger partial charge on any atom is -0.340 e. The first-order valence-corrected chi connectivity index (χ1v) is 9.68. The topological polar surface area (TPSA) is 71.1 Å². The van der Waals surface area contributed by atoms with Gasteiger partial charge in [0, 0.05) is 5.69 Å². The molecule has 0 radical (unpaired) electrons. The number of hydrogen-bond acceptors (Lipinski definition) is 4. The average molecular weight is 371 g/mol. The maximum absolute atomic E-state index is 13.2. The van der Waals surface area contributed by atoms with Gasteiger partial charge in [-0.1, -0.05) is 36.4 Å². The van der Waals surface area contributed by atoms with Crippen molar-refractivity contribution in [3.05, 3.63) is 84.3 Å². The van der Waals surface area contributed by atoms with Crippen LogP contribution in [0.5, 0.6) is 0 Å². The number of benzene rings is 2. The summed E-state index contributed by atoms with van der Waals surface area (Å²) in [5.74, 6) is 0.126. The number of anilines is 3. The highest BCUT2D eigenvalue weighted by atomic mass is 32.2. The van der Waals surface area contributed by atoms with E-state index in [2.05, 4.69) is 15.0 Å². The summed E-state index contributed by atoms with van der Waals surface area (Å²) in [7, 11) is -3.47. The molecule has 7 heteroatoms. The number of aryl methyl sites for hydroxylation is 1. The van der Waals surface area contributed by atoms with Crippen molar-refractivity contribution in [3.63, 3.8) is 0 Å². The van der Waals surface area contributed by atoms with E-state index in [0.29, 0.717) is 23.6 Å². The molecule has 0 spiro atoms. The number of nitrogens with zero attached hydrogens (tertiary/aromatic N) is 1. The van der Waals surface area contributed by atoms with Crippen molar-refractivity contribution in [1.82, 2.24) is 4.98 Å². The van der Waals surface area contributed by atoms with Crippen LogP contribution in [-0.2, 0) is 16.4 Å². The number of aromatic nitrogens is 1. The van der Waals surface area contributed by atoms with Crippen molar-refractivity contribution in [2.45, 2.75) is 6.42 Å². The number of halogens is 1. The largest absolute Gasteiger partial charge is 0.340 e. The van der Waals surface area contributed by atoms with Crippen LogP contribution in [0.1, 0.15) is 5.56 Å². The molecule has 0 unspecified atom stereocenters. The summed E-state index contributed by atoms with van der Waals surface area (Å²) in [6, 6.07) is 18.7. The Morgan fingerprint density at radius 2 is 1.73 bits per heavy atom. The van der Waals surface area contributed by atoms with Gasteiger partial charge >= 0.3 is 0 Å². The van der Waals surface area contributed by atoms with Gasteiger partial charge in [-0.25, -0.2) is 17.8 Å². The number of sulfonamides is 1. The average Bonchev–Trinajstić information content (AvgIpc) is 2.63. The maximum atomic E-state index is 13.2. The lowest BCUT2D eigenvalue weighted by molar-refractivity contribution is 0.600. The van der Waals surface area contributed by atoms with E-state index in [0.717, 1.165) is 5.56 Å². The Balaban J connectivity index is 1.59. The predicted octanol–water partition coefficient (Wildman–Crippen LogP) is 3.95. The Kier molecular flexibility index (Phi) is 5.48. The molecule has 0 atom stereocenters. The van der Waals surface area contributed by atoms with Gasteiger partial charge in [0.1, 0.15) is 11.6 Å². The molecular formula is C19H18FN3O2S. The third-order valence-corrected chi connectivity index (χ3v) is 4.92. The van der Waals surface area contributed by atoms with Crippen molar-refractivity contribution >= 4 is 27.2 Å². The minimum absolute atomic E-state index is 0.0136. The van der Waals surface area contributed by atoms with E-state index >= 15 is 0 Å². The SMILES string of the molecule is O=S(=O)(CCc1ccccc1)Nc1ccc(Nc2cccc(F)c2)nc1. The normalized spacial score (nSPS) is 11.1. The third-order valence-electron chi connectivity index (χ3n) is 3.64. The van der Waals surface area contributed by atoms with Gasteiger partial charge < -0.3 is 5.32 Å². The Bertz CT molecular complexity index is 962. The number of pyridine rings is 1. The fraction of sp³-hybridized carbons (Fsp3) is 0.105. The number of hydrogen-bond donors (Lipinski definition) is 2. The molecule has 0 saturated heterocycles. The molecule has 0 amide bonds. The third kappa shape index (κ3) is 5.29. The zero-order chi connectivity index (χ0) is 18.4. The van der Waals surface area contributed by atoms with E-state index < -0.39 is 10.0 Å². The maximum Gasteiger partial charge on any atom is 0.233 e. The lowest BCUT2D eigenvalue weighted by Gasteiger charge is -2.09. The van der Waals surface area contributed by atoms with Crippen LogP contribution in [-0.4, -0.2) is 19.2 Å². The molecule has 0 aliphatic rings. The highest BCUT2D eigenvalue weighted by molar-refractivity contribution is 7.92. The minimum atomic E-state index is -3.47. The van der Waals surface area contributed by atoms with Crippen LogP contribution in [0.15, 0.2) is 72.9 Å². The van der Waals surface area contributed by atoms with Crippen LogP contribution in [0.2, 0.25) is 0 Å². The fourth-order valence-electron chi connectivity index (χ4n) is 2.37. The standard InChI is InChI=1S/C19H18FN3O2S/c20-16-7-4-8-17(13-16)22-19-10-9-18(14-21-19)23-26(24,25)12-11-15-5-2-1-3-6-15/h1-10,13-14,23H,11-12H2,(H,21,22). The summed E-state index contributed by atoms with van der Waals surface area (Å²) in [6.07, 6.45) is 1.85. The van der Waals surface area contributed by atoms with Gasteiger partial charge in [0.25, 0.3) is 0 Å². The van der Waals surface area contributed by atoms with Crippen molar-refractivity contribution < 1.29 is 12.8 Å². The summed E-state index contributed by atoms with van der Waals surface area (Å²) < 4.78 is 40.1. The van der Waals surface area contributed by atoms with Crippen LogP contribution in [0.3, 0.4) is 0 Å². The molecular weight excluding hydrogens is 353 g/mol. The Hall–Kier alpha value is -2.93.